The Morgan fingerprint density at radius 1 is 1.21 bits per heavy atom. The van der Waals surface area contributed by atoms with E-state index in [4.69, 9.17) is 9.72 Å². The van der Waals surface area contributed by atoms with Crippen LogP contribution in [0.15, 0.2) is 12.1 Å². The first-order chi connectivity index (χ1) is 13.5. The lowest BCUT2D eigenvalue weighted by molar-refractivity contribution is -0.125. The van der Waals surface area contributed by atoms with E-state index in [1.807, 2.05) is 0 Å². The fourth-order valence-electron chi connectivity index (χ4n) is 3.97. The molecule has 150 valence electrons. The Labute approximate surface area is 168 Å². The highest BCUT2D eigenvalue weighted by atomic mass is 32.1. The van der Waals surface area contributed by atoms with E-state index in [1.165, 1.54) is 20.7 Å². The molecule has 2 aliphatic rings. The first-order valence-corrected chi connectivity index (χ1v) is 10.5. The van der Waals surface area contributed by atoms with Crippen LogP contribution in [0.4, 0.5) is 9.93 Å². The summed E-state index contributed by atoms with van der Waals surface area (Å²) in [5.74, 6) is -0.124. The molecule has 1 aromatic heterocycles. The summed E-state index contributed by atoms with van der Waals surface area (Å²) in [7, 11) is 1.57. The van der Waals surface area contributed by atoms with E-state index >= 15 is 0 Å². The number of thiazole rings is 1. The molecule has 0 atom stereocenters. The van der Waals surface area contributed by atoms with Crippen molar-refractivity contribution >= 4 is 38.6 Å². The number of aromatic nitrogens is 1. The molecule has 3 heterocycles. The molecule has 2 fully saturated rings. The summed E-state index contributed by atoms with van der Waals surface area (Å²) < 4.78 is 6.22. The molecule has 2 aromatic rings. The number of hydrogen-bond acceptors (Lipinski definition) is 6. The van der Waals surface area contributed by atoms with E-state index < -0.39 is 0 Å². The van der Waals surface area contributed by atoms with Crippen molar-refractivity contribution in [2.24, 2.45) is 0 Å². The Morgan fingerprint density at radius 3 is 2.68 bits per heavy atom. The second-order valence-electron chi connectivity index (χ2n) is 7.52. The molecule has 8 heteroatoms. The van der Waals surface area contributed by atoms with Gasteiger partial charge in [0.15, 0.2) is 5.13 Å². The molecule has 7 nitrogen and oxygen atoms in total. The summed E-state index contributed by atoms with van der Waals surface area (Å²) >= 11 is 1.73. The largest absolute Gasteiger partial charge is 0.383 e. The number of benzene rings is 1. The minimum Gasteiger partial charge on any atom is -0.383 e. The number of amides is 3. The van der Waals surface area contributed by atoms with Crippen LogP contribution >= 0.6 is 11.3 Å². The number of rotatable bonds is 5. The lowest BCUT2D eigenvalue weighted by Crippen LogP contribution is -2.46. The van der Waals surface area contributed by atoms with Crippen LogP contribution in [-0.2, 0) is 9.53 Å². The molecule has 0 radical (unpaired) electrons. The molecule has 2 aliphatic heterocycles. The SMILES string of the molecule is COCCN1C(=O)CN(C2CCN(c3nc4c(C)c(C)ccc4s3)CC2)C1=O. The Morgan fingerprint density at radius 2 is 1.96 bits per heavy atom. The maximum absolute atomic E-state index is 12.6. The third kappa shape index (κ3) is 3.35. The van der Waals surface area contributed by atoms with Gasteiger partial charge in [0, 0.05) is 26.2 Å². The number of piperidine rings is 1. The van der Waals surface area contributed by atoms with Crippen LogP contribution in [0.25, 0.3) is 10.2 Å². The number of methoxy groups -OCH3 is 1. The van der Waals surface area contributed by atoms with Gasteiger partial charge in [0.1, 0.15) is 6.54 Å². The van der Waals surface area contributed by atoms with Crippen LogP contribution < -0.4 is 4.90 Å². The van der Waals surface area contributed by atoms with Crippen LogP contribution in [0.3, 0.4) is 0 Å². The first-order valence-electron chi connectivity index (χ1n) is 9.71. The molecular formula is C20H26N4O3S. The van der Waals surface area contributed by atoms with Crippen LogP contribution in [0, 0.1) is 13.8 Å². The monoisotopic (exact) mass is 402 g/mol. The zero-order chi connectivity index (χ0) is 19.8. The zero-order valence-corrected chi connectivity index (χ0v) is 17.4. The van der Waals surface area contributed by atoms with Crippen molar-refractivity contribution < 1.29 is 14.3 Å². The van der Waals surface area contributed by atoms with Gasteiger partial charge in [0.25, 0.3) is 0 Å². The van der Waals surface area contributed by atoms with Crippen molar-refractivity contribution in [2.45, 2.75) is 32.7 Å². The molecule has 0 unspecified atom stereocenters. The normalized spacial score (nSPS) is 18.8. The average molecular weight is 403 g/mol. The van der Waals surface area contributed by atoms with Crippen LogP contribution in [0.5, 0.6) is 0 Å². The molecule has 0 saturated carbocycles. The van der Waals surface area contributed by atoms with E-state index in [0.717, 1.165) is 36.6 Å². The fourth-order valence-corrected chi connectivity index (χ4v) is 5.04. The van der Waals surface area contributed by atoms with Crippen molar-refractivity contribution in [3.05, 3.63) is 23.3 Å². The highest BCUT2D eigenvalue weighted by Crippen LogP contribution is 2.34. The number of imide groups is 1. The van der Waals surface area contributed by atoms with Gasteiger partial charge in [-0.15, -0.1) is 0 Å². The third-order valence-corrected chi connectivity index (χ3v) is 6.93. The number of nitrogens with zero attached hydrogens (tertiary/aromatic N) is 4. The maximum atomic E-state index is 12.6. The van der Waals surface area contributed by atoms with E-state index in [2.05, 4.69) is 30.9 Å². The number of urea groups is 1. The van der Waals surface area contributed by atoms with E-state index in [1.54, 1.807) is 23.3 Å². The number of ether oxygens (including phenoxy) is 1. The lowest BCUT2D eigenvalue weighted by Gasteiger charge is -2.36. The topological polar surface area (TPSA) is 66.0 Å². The molecule has 28 heavy (non-hydrogen) atoms. The molecule has 0 N–H and O–H groups in total. The minimum atomic E-state index is -0.174. The second-order valence-corrected chi connectivity index (χ2v) is 8.53. The van der Waals surface area contributed by atoms with Crippen LogP contribution in [-0.4, -0.2) is 72.7 Å². The summed E-state index contributed by atoms with van der Waals surface area (Å²) in [5, 5.41) is 1.05. The Kier molecular flexibility index (Phi) is 5.25. The molecule has 4 rings (SSSR count). The van der Waals surface area contributed by atoms with Gasteiger partial charge >= 0.3 is 6.03 Å². The van der Waals surface area contributed by atoms with Crippen LogP contribution in [0.1, 0.15) is 24.0 Å². The number of fused-ring (bicyclic) bond motifs is 1. The van der Waals surface area contributed by atoms with Crippen molar-refractivity contribution in [2.75, 3.05) is 44.8 Å². The predicted octanol–water partition coefficient (Wildman–Crippen LogP) is 2.79. The summed E-state index contributed by atoms with van der Waals surface area (Å²) in [6.07, 6.45) is 1.70. The van der Waals surface area contributed by atoms with Gasteiger partial charge in [-0.05, 0) is 43.9 Å². The van der Waals surface area contributed by atoms with Gasteiger partial charge in [0.05, 0.1) is 23.4 Å². The van der Waals surface area contributed by atoms with Crippen molar-refractivity contribution in [3.8, 4) is 0 Å². The van der Waals surface area contributed by atoms with Crippen molar-refractivity contribution in [1.29, 1.82) is 0 Å². The number of anilines is 1. The second kappa shape index (κ2) is 7.67. The van der Waals surface area contributed by atoms with Gasteiger partial charge in [-0.3, -0.25) is 9.69 Å². The lowest BCUT2D eigenvalue weighted by atomic mass is 10.0. The molecule has 1 aromatic carbocycles. The number of hydrogen-bond donors (Lipinski definition) is 0. The van der Waals surface area contributed by atoms with Crippen molar-refractivity contribution in [1.82, 2.24) is 14.8 Å². The third-order valence-electron chi connectivity index (χ3n) is 5.85. The van der Waals surface area contributed by atoms with Crippen molar-refractivity contribution in [3.63, 3.8) is 0 Å². The van der Waals surface area contributed by atoms with Gasteiger partial charge < -0.3 is 14.5 Å². The van der Waals surface area contributed by atoms with Gasteiger partial charge in [0.2, 0.25) is 5.91 Å². The van der Waals surface area contributed by atoms with E-state index in [-0.39, 0.29) is 24.5 Å². The number of aryl methyl sites for hydroxylation is 2. The highest BCUT2D eigenvalue weighted by Gasteiger charge is 2.40. The molecule has 0 aliphatic carbocycles. The summed E-state index contributed by atoms with van der Waals surface area (Å²) in [6.45, 7) is 6.82. The van der Waals surface area contributed by atoms with Gasteiger partial charge in [-0.2, -0.15) is 0 Å². The van der Waals surface area contributed by atoms with Gasteiger partial charge in [-0.25, -0.2) is 9.78 Å². The Balaban J connectivity index is 1.42. The predicted molar refractivity (Wildman–Crippen MR) is 110 cm³/mol. The van der Waals surface area contributed by atoms with Gasteiger partial charge in [-0.1, -0.05) is 17.4 Å². The summed E-state index contributed by atoms with van der Waals surface area (Å²) in [5.41, 5.74) is 3.60. The molecule has 3 amide bonds. The summed E-state index contributed by atoms with van der Waals surface area (Å²) in [4.78, 5) is 35.0. The molecule has 0 spiro atoms. The average Bonchev–Trinajstić information content (AvgIpc) is 3.25. The Bertz CT molecular complexity index is 904. The fraction of sp³-hybridized carbons (Fsp3) is 0.550. The number of carbonyl (C=O) groups excluding carboxylic acids is 2. The quantitative estimate of drug-likeness (QED) is 0.720. The van der Waals surface area contributed by atoms with Crippen LogP contribution in [0.2, 0.25) is 0 Å². The molecule has 0 bridgehead atoms. The summed E-state index contributed by atoms with van der Waals surface area (Å²) in [6, 6.07) is 4.23. The zero-order valence-electron chi connectivity index (χ0n) is 16.6. The highest BCUT2D eigenvalue weighted by molar-refractivity contribution is 7.22. The molecule has 2 saturated heterocycles. The molecular weight excluding hydrogens is 376 g/mol. The first kappa shape index (κ1) is 19.1. The Hall–Kier alpha value is -2.19. The minimum absolute atomic E-state index is 0.110. The van der Waals surface area contributed by atoms with E-state index in [9.17, 15) is 9.59 Å². The number of carbonyl (C=O) groups is 2. The smallest absolute Gasteiger partial charge is 0.327 e. The van der Waals surface area contributed by atoms with E-state index in [0.29, 0.717) is 13.2 Å². The standard InChI is InChI=1S/C20H26N4O3S/c1-13-4-5-16-18(14(13)2)21-19(28-16)22-8-6-15(7-9-22)24-12-17(25)23(20(24)26)10-11-27-3/h4-5,15H,6-12H2,1-3H3. The maximum Gasteiger partial charge on any atom is 0.327 e.